The summed E-state index contributed by atoms with van der Waals surface area (Å²) in [5, 5.41) is 4.36. The number of aromatic nitrogens is 1. The average molecular weight is 224 g/mol. The van der Waals surface area contributed by atoms with Gasteiger partial charge in [0.15, 0.2) is 0 Å². The summed E-state index contributed by atoms with van der Waals surface area (Å²) in [5.41, 5.74) is 2.58. The molecule has 0 aromatic carbocycles. The molecule has 0 atom stereocenters. The van der Waals surface area contributed by atoms with E-state index in [0.717, 1.165) is 17.2 Å². The number of thiazole rings is 1. The molecule has 0 aliphatic heterocycles. The molecular weight excluding hydrogens is 204 g/mol. The van der Waals surface area contributed by atoms with Crippen LogP contribution >= 0.6 is 11.3 Å². The Hall–Kier alpha value is -0.670. The second-order valence-electron chi connectivity index (χ2n) is 4.09. The third-order valence-electron chi connectivity index (χ3n) is 2.38. The van der Waals surface area contributed by atoms with E-state index >= 15 is 0 Å². The van der Waals surface area contributed by atoms with Crippen molar-refractivity contribution in [3.63, 3.8) is 0 Å². The molecule has 0 bridgehead atoms. The van der Waals surface area contributed by atoms with E-state index in [4.69, 9.17) is 0 Å². The summed E-state index contributed by atoms with van der Waals surface area (Å²) in [7, 11) is 1.99. The first kappa shape index (κ1) is 12.4. The predicted octanol–water partition coefficient (Wildman–Crippen LogP) is 3.02. The molecule has 1 N–H and O–H groups in total. The van der Waals surface area contributed by atoms with E-state index in [1.165, 1.54) is 10.5 Å². The van der Waals surface area contributed by atoms with Crippen LogP contribution in [0.5, 0.6) is 0 Å². The van der Waals surface area contributed by atoms with Gasteiger partial charge in [0.05, 0.1) is 15.6 Å². The number of hydrogen-bond donors (Lipinski definition) is 1. The number of rotatable bonds is 4. The molecule has 84 valence electrons. The average Bonchev–Trinajstić information content (AvgIpc) is 2.44. The second-order valence-corrected chi connectivity index (χ2v) is 5.32. The molecule has 0 aliphatic carbocycles. The van der Waals surface area contributed by atoms with Crippen molar-refractivity contribution in [2.75, 3.05) is 13.6 Å². The zero-order valence-corrected chi connectivity index (χ0v) is 11.0. The maximum absolute atomic E-state index is 4.44. The first-order chi connectivity index (χ1) is 7.04. The van der Waals surface area contributed by atoms with Crippen molar-refractivity contribution < 1.29 is 0 Å². The van der Waals surface area contributed by atoms with Crippen molar-refractivity contribution in [1.29, 1.82) is 0 Å². The van der Waals surface area contributed by atoms with Gasteiger partial charge in [-0.25, -0.2) is 4.98 Å². The fourth-order valence-corrected chi connectivity index (χ4v) is 2.38. The summed E-state index contributed by atoms with van der Waals surface area (Å²) in [6.45, 7) is 9.54. The normalized spacial score (nSPS) is 12.5. The fraction of sp³-hybridized carbons (Fsp3) is 0.583. The molecule has 1 rings (SSSR count). The lowest BCUT2D eigenvalue weighted by molar-refractivity contribution is 0.713. The van der Waals surface area contributed by atoms with Crippen LogP contribution < -0.4 is 5.32 Å². The SMILES string of the molecule is CNCC(=Cc1sc(C)nc1C)C(C)C. The first-order valence-corrected chi connectivity index (χ1v) is 6.15. The van der Waals surface area contributed by atoms with Crippen molar-refractivity contribution in [3.8, 4) is 0 Å². The highest BCUT2D eigenvalue weighted by molar-refractivity contribution is 7.12. The molecule has 3 heteroatoms. The largest absolute Gasteiger partial charge is 0.316 e. The zero-order valence-electron chi connectivity index (χ0n) is 10.2. The quantitative estimate of drug-likeness (QED) is 0.850. The van der Waals surface area contributed by atoms with E-state index in [1.54, 1.807) is 11.3 Å². The number of likely N-dealkylation sites (N-methyl/N-ethyl adjacent to an activating group) is 1. The maximum Gasteiger partial charge on any atom is 0.0903 e. The standard InChI is InChI=1S/C12H20N2S/c1-8(2)11(7-13-5)6-12-9(3)14-10(4)15-12/h6,8,13H,7H2,1-5H3. The molecule has 0 fully saturated rings. The molecule has 0 radical (unpaired) electrons. The number of nitrogens with zero attached hydrogens (tertiary/aromatic N) is 1. The molecule has 1 aromatic heterocycles. The Morgan fingerprint density at radius 2 is 2.13 bits per heavy atom. The van der Waals surface area contributed by atoms with E-state index in [2.05, 4.69) is 44.1 Å². The Kier molecular flexibility index (Phi) is 4.48. The molecule has 0 saturated heterocycles. The van der Waals surface area contributed by atoms with Crippen LogP contribution in [0.1, 0.15) is 29.4 Å². The van der Waals surface area contributed by atoms with Crippen LogP contribution in [0.15, 0.2) is 5.57 Å². The van der Waals surface area contributed by atoms with Crippen LogP contribution in [0.25, 0.3) is 6.08 Å². The minimum atomic E-state index is 0.583. The van der Waals surface area contributed by atoms with Gasteiger partial charge in [-0.15, -0.1) is 11.3 Å². The lowest BCUT2D eigenvalue weighted by atomic mass is 10.0. The van der Waals surface area contributed by atoms with Crippen LogP contribution in [0.4, 0.5) is 0 Å². The number of hydrogen-bond acceptors (Lipinski definition) is 3. The second kappa shape index (κ2) is 5.42. The third kappa shape index (κ3) is 3.43. The summed E-state index contributed by atoms with van der Waals surface area (Å²) in [5.74, 6) is 0.583. The summed E-state index contributed by atoms with van der Waals surface area (Å²) in [4.78, 5) is 5.73. The number of nitrogens with one attached hydrogen (secondary N) is 1. The van der Waals surface area contributed by atoms with Crippen molar-refractivity contribution in [2.45, 2.75) is 27.7 Å². The predicted molar refractivity (Wildman–Crippen MR) is 68.3 cm³/mol. The summed E-state index contributed by atoms with van der Waals surface area (Å²) in [6.07, 6.45) is 2.28. The van der Waals surface area contributed by atoms with E-state index in [-0.39, 0.29) is 0 Å². The van der Waals surface area contributed by atoms with Crippen LogP contribution in [0, 0.1) is 19.8 Å². The Balaban J connectivity index is 2.96. The van der Waals surface area contributed by atoms with Crippen molar-refractivity contribution in [3.05, 3.63) is 21.2 Å². The van der Waals surface area contributed by atoms with Crippen LogP contribution in [-0.4, -0.2) is 18.6 Å². The van der Waals surface area contributed by atoms with E-state index in [0.29, 0.717) is 5.92 Å². The summed E-state index contributed by atoms with van der Waals surface area (Å²) >= 11 is 1.77. The van der Waals surface area contributed by atoms with Crippen molar-refractivity contribution in [1.82, 2.24) is 10.3 Å². The Morgan fingerprint density at radius 1 is 1.47 bits per heavy atom. The molecule has 1 heterocycles. The van der Waals surface area contributed by atoms with Crippen molar-refractivity contribution >= 4 is 17.4 Å². The van der Waals surface area contributed by atoms with E-state index in [1.807, 2.05) is 7.05 Å². The maximum atomic E-state index is 4.44. The first-order valence-electron chi connectivity index (χ1n) is 5.33. The van der Waals surface area contributed by atoms with Gasteiger partial charge in [-0.05, 0) is 32.9 Å². The van der Waals surface area contributed by atoms with Gasteiger partial charge in [0.2, 0.25) is 0 Å². The van der Waals surface area contributed by atoms with Gasteiger partial charge >= 0.3 is 0 Å². The third-order valence-corrected chi connectivity index (χ3v) is 3.40. The highest BCUT2D eigenvalue weighted by atomic mass is 32.1. The van der Waals surface area contributed by atoms with Gasteiger partial charge in [-0.3, -0.25) is 0 Å². The summed E-state index contributed by atoms with van der Waals surface area (Å²) < 4.78 is 0. The highest BCUT2D eigenvalue weighted by Gasteiger charge is 2.06. The minimum absolute atomic E-state index is 0.583. The molecule has 2 nitrogen and oxygen atoms in total. The van der Waals surface area contributed by atoms with Gasteiger partial charge in [-0.1, -0.05) is 19.4 Å². The molecule has 0 aliphatic rings. The lowest BCUT2D eigenvalue weighted by Crippen LogP contribution is -2.13. The molecule has 15 heavy (non-hydrogen) atoms. The Bertz CT molecular complexity index is 351. The Labute approximate surface area is 96.4 Å². The van der Waals surface area contributed by atoms with Gasteiger partial charge in [0.25, 0.3) is 0 Å². The van der Waals surface area contributed by atoms with Gasteiger partial charge in [-0.2, -0.15) is 0 Å². The van der Waals surface area contributed by atoms with Gasteiger partial charge in [0, 0.05) is 6.54 Å². The monoisotopic (exact) mass is 224 g/mol. The smallest absolute Gasteiger partial charge is 0.0903 e. The number of aryl methyl sites for hydroxylation is 2. The minimum Gasteiger partial charge on any atom is -0.316 e. The fourth-order valence-electron chi connectivity index (χ4n) is 1.48. The lowest BCUT2D eigenvalue weighted by Gasteiger charge is -2.10. The molecule has 1 aromatic rings. The van der Waals surface area contributed by atoms with Gasteiger partial charge < -0.3 is 5.32 Å². The molecule has 0 saturated carbocycles. The molecule has 0 spiro atoms. The van der Waals surface area contributed by atoms with Crippen molar-refractivity contribution in [2.24, 2.45) is 5.92 Å². The topological polar surface area (TPSA) is 24.9 Å². The molecular formula is C12H20N2S. The van der Waals surface area contributed by atoms with Gasteiger partial charge in [0.1, 0.15) is 0 Å². The highest BCUT2D eigenvalue weighted by Crippen LogP contribution is 2.22. The Morgan fingerprint density at radius 3 is 2.53 bits per heavy atom. The van der Waals surface area contributed by atoms with Crippen LogP contribution in [0.2, 0.25) is 0 Å². The van der Waals surface area contributed by atoms with E-state index in [9.17, 15) is 0 Å². The summed E-state index contributed by atoms with van der Waals surface area (Å²) in [6, 6.07) is 0. The molecule has 0 amide bonds. The van der Waals surface area contributed by atoms with E-state index < -0.39 is 0 Å². The van der Waals surface area contributed by atoms with Crippen LogP contribution in [0.3, 0.4) is 0 Å². The molecule has 0 unspecified atom stereocenters. The zero-order chi connectivity index (χ0) is 11.4. The van der Waals surface area contributed by atoms with Crippen LogP contribution in [-0.2, 0) is 0 Å².